The first-order valence-electron chi connectivity index (χ1n) is 7.62. The Morgan fingerprint density at radius 1 is 1.28 bits per heavy atom. The highest BCUT2D eigenvalue weighted by Crippen LogP contribution is 2.34. The van der Waals surface area contributed by atoms with Gasteiger partial charge in [-0.1, -0.05) is 0 Å². The molecule has 0 aliphatic carbocycles. The molecule has 128 valence electrons. The quantitative estimate of drug-likeness (QED) is 0.680. The standard InChI is InChI=1S/C17H15N3O5/c1-2-19-14-9-12(5-8-15(14)25-10-16(19)21)18-17(22)11-3-6-13(7-4-11)20(23)24/h3-9H,2,10H2,1H3,(H,18,22). The van der Waals surface area contributed by atoms with Gasteiger partial charge in [-0.25, -0.2) is 0 Å². The van der Waals surface area contributed by atoms with Crippen molar-refractivity contribution in [1.29, 1.82) is 0 Å². The lowest BCUT2D eigenvalue weighted by atomic mass is 10.1. The Morgan fingerprint density at radius 3 is 2.64 bits per heavy atom. The maximum atomic E-state index is 12.3. The molecule has 0 atom stereocenters. The van der Waals surface area contributed by atoms with Gasteiger partial charge in [0.2, 0.25) is 0 Å². The summed E-state index contributed by atoms with van der Waals surface area (Å²) >= 11 is 0. The molecule has 1 N–H and O–H groups in total. The van der Waals surface area contributed by atoms with E-state index in [1.54, 1.807) is 23.1 Å². The number of hydrogen-bond donors (Lipinski definition) is 1. The molecule has 0 unspecified atom stereocenters. The van der Waals surface area contributed by atoms with Crippen molar-refractivity contribution in [3.63, 3.8) is 0 Å². The van der Waals surface area contributed by atoms with Crippen LogP contribution < -0.4 is 15.0 Å². The van der Waals surface area contributed by atoms with Gasteiger partial charge < -0.3 is 15.0 Å². The van der Waals surface area contributed by atoms with E-state index in [0.717, 1.165) is 0 Å². The van der Waals surface area contributed by atoms with Gasteiger partial charge in [-0.15, -0.1) is 0 Å². The number of nitro benzene ring substituents is 1. The van der Waals surface area contributed by atoms with Crippen molar-refractivity contribution in [2.24, 2.45) is 0 Å². The molecule has 0 saturated carbocycles. The van der Waals surface area contributed by atoms with Crippen molar-refractivity contribution in [1.82, 2.24) is 0 Å². The van der Waals surface area contributed by atoms with Crippen molar-refractivity contribution in [3.05, 3.63) is 58.1 Å². The minimum Gasteiger partial charge on any atom is -0.482 e. The first-order valence-corrected chi connectivity index (χ1v) is 7.62. The van der Waals surface area contributed by atoms with E-state index in [2.05, 4.69) is 5.32 Å². The number of nitro groups is 1. The summed E-state index contributed by atoms with van der Waals surface area (Å²) in [5.74, 6) is 0.0320. The van der Waals surface area contributed by atoms with Crippen LogP contribution >= 0.6 is 0 Å². The third-order valence-electron chi connectivity index (χ3n) is 3.82. The van der Waals surface area contributed by atoms with E-state index in [1.807, 2.05) is 6.92 Å². The number of fused-ring (bicyclic) bond motifs is 1. The van der Waals surface area contributed by atoms with E-state index in [4.69, 9.17) is 4.74 Å². The molecule has 0 fully saturated rings. The highest BCUT2D eigenvalue weighted by molar-refractivity contribution is 6.05. The number of ether oxygens (including phenoxy) is 1. The number of carbonyl (C=O) groups is 2. The van der Waals surface area contributed by atoms with Crippen LogP contribution in [0.3, 0.4) is 0 Å². The normalized spacial score (nSPS) is 13.0. The smallest absolute Gasteiger partial charge is 0.269 e. The molecular formula is C17H15N3O5. The number of carbonyl (C=O) groups excluding carboxylic acids is 2. The maximum Gasteiger partial charge on any atom is 0.269 e. The lowest BCUT2D eigenvalue weighted by molar-refractivity contribution is -0.384. The van der Waals surface area contributed by atoms with Gasteiger partial charge in [-0.05, 0) is 37.3 Å². The van der Waals surface area contributed by atoms with E-state index in [0.29, 0.717) is 29.2 Å². The Labute approximate surface area is 143 Å². The third kappa shape index (κ3) is 3.27. The van der Waals surface area contributed by atoms with Crippen LogP contribution in [0.1, 0.15) is 17.3 Å². The Bertz CT molecular complexity index is 848. The summed E-state index contributed by atoms with van der Waals surface area (Å²) in [5.41, 5.74) is 1.31. The van der Waals surface area contributed by atoms with Crippen molar-refractivity contribution in [2.45, 2.75) is 6.92 Å². The van der Waals surface area contributed by atoms with Gasteiger partial charge in [0.25, 0.3) is 17.5 Å². The first kappa shape index (κ1) is 16.4. The molecule has 0 saturated heterocycles. The minimum absolute atomic E-state index is 0.00462. The Morgan fingerprint density at radius 2 is 2.00 bits per heavy atom. The number of amides is 2. The van der Waals surface area contributed by atoms with Crippen LogP contribution in [0.2, 0.25) is 0 Å². The first-order chi connectivity index (χ1) is 12.0. The molecule has 1 aliphatic rings. The second kappa shape index (κ2) is 6.60. The molecule has 2 aromatic rings. The second-order valence-electron chi connectivity index (χ2n) is 5.37. The second-order valence-corrected chi connectivity index (χ2v) is 5.37. The lowest BCUT2D eigenvalue weighted by Crippen LogP contribution is -2.38. The van der Waals surface area contributed by atoms with Crippen molar-refractivity contribution in [2.75, 3.05) is 23.4 Å². The van der Waals surface area contributed by atoms with Gasteiger partial charge in [0, 0.05) is 29.9 Å². The van der Waals surface area contributed by atoms with E-state index in [-0.39, 0.29) is 18.2 Å². The molecule has 0 aromatic heterocycles. The zero-order chi connectivity index (χ0) is 18.0. The average Bonchev–Trinajstić information content (AvgIpc) is 2.61. The fourth-order valence-corrected chi connectivity index (χ4v) is 2.56. The summed E-state index contributed by atoms with van der Waals surface area (Å²) < 4.78 is 5.38. The van der Waals surface area contributed by atoms with Crippen molar-refractivity contribution in [3.8, 4) is 5.75 Å². The predicted octanol–water partition coefficient (Wildman–Crippen LogP) is 2.59. The summed E-state index contributed by atoms with van der Waals surface area (Å²) in [6.45, 7) is 2.35. The molecular weight excluding hydrogens is 326 g/mol. The van der Waals surface area contributed by atoms with Crippen LogP contribution in [0, 0.1) is 10.1 Å². The highest BCUT2D eigenvalue weighted by Gasteiger charge is 2.24. The molecule has 1 heterocycles. The molecule has 0 radical (unpaired) electrons. The predicted molar refractivity (Wildman–Crippen MR) is 91.0 cm³/mol. The van der Waals surface area contributed by atoms with Gasteiger partial charge in [-0.2, -0.15) is 0 Å². The number of nitrogens with zero attached hydrogens (tertiary/aromatic N) is 2. The zero-order valence-corrected chi connectivity index (χ0v) is 13.4. The summed E-state index contributed by atoms with van der Waals surface area (Å²) in [6, 6.07) is 10.3. The largest absolute Gasteiger partial charge is 0.482 e. The monoisotopic (exact) mass is 341 g/mol. The van der Waals surface area contributed by atoms with Crippen LogP contribution in [0.25, 0.3) is 0 Å². The summed E-state index contributed by atoms with van der Waals surface area (Å²) in [5, 5.41) is 13.4. The lowest BCUT2D eigenvalue weighted by Gasteiger charge is -2.28. The van der Waals surface area contributed by atoms with Gasteiger partial charge in [0.15, 0.2) is 6.61 Å². The Balaban J connectivity index is 1.81. The van der Waals surface area contributed by atoms with E-state index in [9.17, 15) is 19.7 Å². The highest BCUT2D eigenvalue weighted by atomic mass is 16.6. The van der Waals surface area contributed by atoms with Crippen LogP contribution in [-0.4, -0.2) is 29.9 Å². The number of anilines is 2. The number of likely N-dealkylation sites (N-methyl/N-ethyl adjacent to an activating group) is 1. The number of rotatable bonds is 4. The Hall–Kier alpha value is -3.42. The maximum absolute atomic E-state index is 12.3. The fourth-order valence-electron chi connectivity index (χ4n) is 2.56. The SMILES string of the molecule is CCN1C(=O)COc2ccc(NC(=O)c3ccc([N+](=O)[O-])cc3)cc21. The Kier molecular flexibility index (Phi) is 4.34. The molecule has 2 amide bonds. The van der Waals surface area contributed by atoms with Crippen LogP contribution in [0.4, 0.5) is 17.1 Å². The molecule has 0 bridgehead atoms. The molecule has 0 spiro atoms. The van der Waals surface area contributed by atoms with Crippen LogP contribution in [0.5, 0.6) is 5.75 Å². The minimum atomic E-state index is -0.526. The number of hydrogen-bond acceptors (Lipinski definition) is 5. The number of nitrogens with one attached hydrogen (secondary N) is 1. The van der Waals surface area contributed by atoms with E-state index in [1.165, 1.54) is 24.3 Å². The van der Waals surface area contributed by atoms with Crippen LogP contribution in [-0.2, 0) is 4.79 Å². The number of non-ortho nitro benzene ring substituents is 1. The van der Waals surface area contributed by atoms with Gasteiger partial charge >= 0.3 is 0 Å². The average molecular weight is 341 g/mol. The number of benzene rings is 2. The topological polar surface area (TPSA) is 102 Å². The summed E-state index contributed by atoms with van der Waals surface area (Å²) in [4.78, 5) is 35.9. The molecule has 25 heavy (non-hydrogen) atoms. The zero-order valence-electron chi connectivity index (χ0n) is 13.4. The van der Waals surface area contributed by atoms with Gasteiger partial charge in [0.1, 0.15) is 5.75 Å². The van der Waals surface area contributed by atoms with Crippen molar-refractivity contribution >= 4 is 28.9 Å². The third-order valence-corrected chi connectivity index (χ3v) is 3.82. The van der Waals surface area contributed by atoms with Gasteiger partial charge in [0.05, 0.1) is 10.6 Å². The van der Waals surface area contributed by atoms with E-state index < -0.39 is 10.8 Å². The van der Waals surface area contributed by atoms with E-state index >= 15 is 0 Å². The summed E-state index contributed by atoms with van der Waals surface area (Å²) in [7, 11) is 0. The fraction of sp³-hybridized carbons (Fsp3) is 0.176. The molecule has 1 aliphatic heterocycles. The molecule has 3 rings (SSSR count). The van der Waals surface area contributed by atoms with Crippen molar-refractivity contribution < 1.29 is 19.2 Å². The molecule has 8 nitrogen and oxygen atoms in total. The van der Waals surface area contributed by atoms with Crippen LogP contribution in [0.15, 0.2) is 42.5 Å². The molecule has 2 aromatic carbocycles. The summed E-state index contributed by atoms with van der Waals surface area (Å²) in [6.07, 6.45) is 0. The molecule has 8 heteroatoms. The van der Waals surface area contributed by atoms with Gasteiger partial charge in [-0.3, -0.25) is 19.7 Å².